The lowest BCUT2D eigenvalue weighted by molar-refractivity contribution is 0.542. The standard InChI is InChI=1S/C16H16BrF2N/c1-10-4-3-5-13(16(10)17)15(20-2)9-11-8-12(18)6-7-14(11)19/h3-8,15,20H,9H2,1-2H3. The summed E-state index contributed by atoms with van der Waals surface area (Å²) in [4.78, 5) is 0. The summed E-state index contributed by atoms with van der Waals surface area (Å²) in [5.74, 6) is -0.796. The number of hydrogen-bond acceptors (Lipinski definition) is 1. The Morgan fingerprint density at radius 2 is 1.95 bits per heavy atom. The Hall–Kier alpha value is -1.26. The van der Waals surface area contributed by atoms with Gasteiger partial charge in [0.2, 0.25) is 0 Å². The molecule has 1 unspecified atom stereocenters. The van der Waals surface area contributed by atoms with Crippen LogP contribution in [0.4, 0.5) is 8.78 Å². The summed E-state index contributed by atoms with van der Waals surface area (Å²) in [6.45, 7) is 2.00. The average molecular weight is 340 g/mol. The smallest absolute Gasteiger partial charge is 0.126 e. The van der Waals surface area contributed by atoms with Crippen LogP contribution in [0, 0.1) is 18.6 Å². The van der Waals surface area contributed by atoms with Crippen molar-refractivity contribution in [3.05, 3.63) is 69.2 Å². The highest BCUT2D eigenvalue weighted by molar-refractivity contribution is 9.10. The molecular formula is C16H16BrF2N. The third kappa shape index (κ3) is 3.25. The highest BCUT2D eigenvalue weighted by atomic mass is 79.9. The molecule has 0 saturated heterocycles. The third-order valence-electron chi connectivity index (χ3n) is 3.38. The first-order chi connectivity index (χ1) is 9.52. The first-order valence-electron chi connectivity index (χ1n) is 6.39. The molecule has 0 aliphatic heterocycles. The van der Waals surface area contributed by atoms with Gasteiger partial charge in [0.25, 0.3) is 0 Å². The van der Waals surface area contributed by atoms with E-state index in [0.717, 1.165) is 21.7 Å². The molecule has 0 amide bonds. The molecular weight excluding hydrogens is 324 g/mol. The quantitative estimate of drug-likeness (QED) is 0.862. The SMILES string of the molecule is CNC(Cc1cc(F)ccc1F)c1cccc(C)c1Br. The maximum atomic E-state index is 13.8. The van der Waals surface area contributed by atoms with Gasteiger partial charge in [0.05, 0.1) is 0 Å². The summed E-state index contributed by atoms with van der Waals surface area (Å²) in [6, 6.07) is 9.42. The van der Waals surface area contributed by atoms with E-state index in [0.29, 0.717) is 12.0 Å². The van der Waals surface area contributed by atoms with Crippen molar-refractivity contribution in [2.75, 3.05) is 7.05 Å². The van der Waals surface area contributed by atoms with Gasteiger partial charge in [-0.15, -0.1) is 0 Å². The molecule has 0 spiro atoms. The fraction of sp³-hybridized carbons (Fsp3) is 0.250. The predicted molar refractivity (Wildman–Crippen MR) is 80.7 cm³/mol. The number of likely N-dealkylation sites (N-methyl/N-ethyl adjacent to an activating group) is 1. The van der Waals surface area contributed by atoms with Crippen LogP contribution in [-0.2, 0) is 6.42 Å². The number of rotatable bonds is 4. The van der Waals surface area contributed by atoms with Crippen LogP contribution in [0.15, 0.2) is 40.9 Å². The van der Waals surface area contributed by atoms with E-state index < -0.39 is 5.82 Å². The van der Waals surface area contributed by atoms with Gasteiger partial charge in [-0.1, -0.05) is 34.1 Å². The molecule has 2 aromatic carbocycles. The monoisotopic (exact) mass is 339 g/mol. The summed E-state index contributed by atoms with van der Waals surface area (Å²) in [7, 11) is 1.82. The molecule has 0 saturated carbocycles. The zero-order chi connectivity index (χ0) is 14.7. The van der Waals surface area contributed by atoms with Crippen molar-refractivity contribution in [3.8, 4) is 0 Å². The van der Waals surface area contributed by atoms with Crippen molar-refractivity contribution in [3.63, 3.8) is 0 Å². The third-order valence-corrected chi connectivity index (χ3v) is 4.46. The zero-order valence-corrected chi connectivity index (χ0v) is 13.0. The first kappa shape index (κ1) is 15.1. The molecule has 0 radical (unpaired) electrons. The van der Waals surface area contributed by atoms with Crippen LogP contribution in [0.3, 0.4) is 0 Å². The molecule has 4 heteroatoms. The second-order valence-electron chi connectivity index (χ2n) is 4.76. The largest absolute Gasteiger partial charge is 0.313 e. The first-order valence-corrected chi connectivity index (χ1v) is 7.18. The van der Waals surface area contributed by atoms with Gasteiger partial charge in [-0.3, -0.25) is 0 Å². The molecule has 0 aromatic heterocycles. The lowest BCUT2D eigenvalue weighted by atomic mass is 9.97. The van der Waals surface area contributed by atoms with Gasteiger partial charge in [0, 0.05) is 10.5 Å². The Balaban J connectivity index is 2.34. The fourth-order valence-electron chi connectivity index (χ4n) is 2.23. The van der Waals surface area contributed by atoms with E-state index >= 15 is 0 Å². The number of aryl methyl sites for hydroxylation is 1. The summed E-state index contributed by atoms with van der Waals surface area (Å²) in [6.07, 6.45) is 0.391. The van der Waals surface area contributed by atoms with Crippen molar-refractivity contribution in [1.82, 2.24) is 5.32 Å². The maximum Gasteiger partial charge on any atom is 0.126 e. The average Bonchev–Trinajstić information content (AvgIpc) is 2.43. The molecule has 0 fully saturated rings. The lowest BCUT2D eigenvalue weighted by Gasteiger charge is -2.19. The van der Waals surface area contributed by atoms with Crippen LogP contribution in [0.2, 0.25) is 0 Å². The van der Waals surface area contributed by atoms with Crippen LogP contribution >= 0.6 is 15.9 Å². The van der Waals surface area contributed by atoms with Crippen LogP contribution in [0.1, 0.15) is 22.7 Å². The van der Waals surface area contributed by atoms with Gasteiger partial charge >= 0.3 is 0 Å². The van der Waals surface area contributed by atoms with Crippen molar-refractivity contribution >= 4 is 15.9 Å². The van der Waals surface area contributed by atoms with E-state index in [9.17, 15) is 8.78 Å². The Morgan fingerprint density at radius 3 is 2.65 bits per heavy atom. The molecule has 0 aliphatic carbocycles. The van der Waals surface area contributed by atoms with E-state index in [1.54, 1.807) is 0 Å². The minimum absolute atomic E-state index is 0.0828. The number of benzene rings is 2. The molecule has 0 heterocycles. The predicted octanol–water partition coefficient (Wildman–Crippen LogP) is 4.54. The summed E-state index contributed by atoms with van der Waals surface area (Å²) in [5, 5.41) is 3.16. The molecule has 0 bridgehead atoms. The molecule has 1 atom stereocenters. The van der Waals surface area contributed by atoms with Gasteiger partial charge < -0.3 is 5.32 Å². The Morgan fingerprint density at radius 1 is 1.20 bits per heavy atom. The minimum Gasteiger partial charge on any atom is -0.313 e. The van der Waals surface area contributed by atoms with Crippen LogP contribution in [-0.4, -0.2) is 7.05 Å². The van der Waals surface area contributed by atoms with Crippen LogP contribution in [0.25, 0.3) is 0 Å². The molecule has 106 valence electrons. The van der Waals surface area contributed by atoms with Gasteiger partial charge in [-0.2, -0.15) is 0 Å². The van der Waals surface area contributed by atoms with Gasteiger partial charge in [-0.25, -0.2) is 8.78 Å². The molecule has 2 rings (SSSR count). The molecule has 20 heavy (non-hydrogen) atoms. The van der Waals surface area contributed by atoms with Crippen LogP contribution < -0.4 is 5.32 Å². The topological polar surface area (TPSA) is 12.0 Å². The summed E-state index contributed by atoms with van der Waals surface area (Å²) >= 11 is 3.56. The van der Waals surface area contributed by atoms with Crippen molar-refractivity contribution in [2.45, 2.75) is 19.4 Å². The van der Waals surface area contributed by atoms with E-state index in [-0.39, 0.29) is 11.9 Å². The number of hydrogen-bond donors (Lipinski definition) is 1. The molecule has 2 aromatic rings. The van der Waals surface area contributed by atoms with Crippen molar-refractivity contribution in [2.24, 2.45) is 0 Å². The summed E-state index contributed by atoms with van der Waals surface area (Å²) < 4.78 is 28.0. The van der Waals surface area contributed by atoms with Gasteiger partial charge in [0.15, 0.2) is 0 Å². The highest BCUT2D eigenvalue weighted by Crippen LogP contribution is 2.29. The van der Waals surface area contributed by atoms with E-state index in [1.807, 2.05) is 32.2 Å². The van der Waals surface area contributed by atoms with Crippen molar-refractivity contribution < 1.29 is 8.78 Å². The Kier molecular flexibility index (Phi) is 4.89. The maximum absolute atomic E-state index is 13.8. The van der Waals surface area contributed by atoms with Crippen LogP contribution in [0.5, 0.6) is 0 Å². The normalized spacial score (nSPS) is 12.4. The fourth-order valence-corrected chi connectivity index (χ4v) is 2.77. The second-order valence-corrected chi connectivity index (χ2v) is 5.55. The molecule has 1 N–H and O–H groups in total. The second kappa shape index (κ2) is 6.46. The summed E-state index contributed by atoms with van der Waals surface area (Å²) in [5.41, 5.74) is 2.52. The number of nitrogens with one attached hydrogen (secondary N) is 1. The number of halogens is 3. The lowest BCUT2D eigenvalue weighted by Crippen LogP contribution is -2.20. The van der Waals surface area contributed by atoms with Crippen molar-refractivity contribution in [1.29, 1.82) is 0 Å². The van der Waals surface area contributed by atoms with E-state index in [1.165, 1.54) is 12.1 Å². The van der Waals surface area contributed by atoms with Gasteiger partial charge in [0.1, 0.15) is 11.6 Å². The molecule has 0 aliphatic rings. The van der Waals surface area contributed by atoms with E-state index in [4.69, 9.17) is 0 Å². The molecule has 1 nitrogen and oxygen atoms in total. The zero-order valence-electron chi connectivity index (χ0n) is 11.4. The minimum atomic E-state index is -0.417. The van der Waals surface area contributed by atoms with Gasteiger partial charge in [-0.05, 0) is 55.3 Å². The highest BCUT2D eigenvalue weighted by Gasteiger charge is 2.16. The van der Waals surface area contributed by atoms with E-state index in [2.05, 4.69) is 21.2 Å². The Labute approximate surface area is 126 Å². The Bertz CT molecular complexity index is 613.